The number of halogens is 1. The Kier molecular flexibility index (Phi) is 5.17. The zero-order valence-electron chi connectivity index (χ0n) is 11.0. The van der Waals surface area contributed by atoms with Gasteiger partial charge in [-0.3, -0.25) is 4.79 Å². The van der Waals surface area contributed by atoms with Gasteiger partial charge in [0.1, 0.15) is 0 Å². The van der Waals surface area contributed by atoms with E-state index in [9.17, 15) is 4.79 Å². The highest BCUT2D eigenvalue weighted by Crippen LogP contribution is 2.27. The van der Waals surface area contributed by atoms with E-state index in [0.29, 0.717) is 6.42 Å². The largest absolute Gasteiger partial charge is 0.481 e. The second-order valence-corrected chi connectivity index (χ2v) is 5.41. The Labute approximate surface area is 113 Å². The number of carboxylic acid groups (broad SMARTS) is 1. The molecule has 0 aliphatic heterocycles. The zero-order valence-corrected chi connectivity index (χ0v) is 11.8. The molecule has 0 fully saturated rings. The fraction of sp³-hybridized carbons (Fsp3) is 0.500. The number of aryl methyl sites for hydroxylation is 2. The summed E-state index contributed by atoms with van der Waals surface area (Å²) >= 11 is 6.05. The lowest BCUT2D eigenvalue weighted by atomic mass is 9.91. The van der Waals surface area contributed by atoms with Crippen molar-refractivity contribution >= 4 is 17.6 Å². The number of carbonyl (C=O) groups is 1. The summed E-state index contributed by atoms with van der Waals surface area (Å²) in [5.74, 6) is -0.716. The van der Waals surface area contributed by atoms with Gasteiger partial charge >= 0.3 is 5.97 Å². The first-order valence-corrected chi connectivity index (χ1v) is 6.43. The molecule has 1 aromatic rings. The van der Waals surface area contributed by atoms with Gasteiger partial charge in [0, 0.05) is 17.5 Å². The van der Waals surface area contributed by atoms with Crippen molar-refractivity contribution in [3.05, 3.63) is 33.8 Å². The lowest BCUT2D eigenvalue weighted by Gasteiger charge is -2.19. The van der Waals surface area contributed by atoms with Crippen LogP contribution in [0.15, 0.2) is 12.1 Å². The van der Waals surface area contributed by atoms with Crippen molar-refractivity contribution in [3.8, 4) is 0 Å². The fourth-order valence-corrected chi connectivity index (χ4v) is 2.36. The van der Waals surface area contributed by atoms with Crippen LogP contribution in [0, 0.1) is 19.8 Å². The van der Waals surface area contributed by atoms with Gasteiger partial charge in [-0.2, -0.15) is 0 Å². The van der Waals surface area contributed by atoms with Gasteiger partial charge in [0.05, 0.1) is 0 Å². The maximum Gasteiger partial charge on any atom is 0.303 e. The van der Waals surface area contributed by atoms with E-state index in [1.165, 1.54) is 0 Å². The van der Waals surface area contributed by atoms with E-state index in [1.54, 1.807) is 0 Å². The maximum absolute atomic E-state index is 10.6. The first-order valence-electron chi connectivity index (χ1n) is 6.05. The van der Waals surface area contributed by atoms with Gasteiger partial charge in [-0.05, 0) is 48.9 Å². The first-order chi connectivity index (χ1) is 8.31. The van der Waals surface area contributed by atoms with Crippen molar-refractivity contribution in [2.24, 2.45) is 11.7 Å². The van der Waals surface area contributed by atoms with Crippen LogP contribution in [0.2, 0.25) is 5.02 Å². The van der Waals surface area contributed by atoms with E-state index in [0.717, 1.165) is 21.7 Å². The number of nitrogens with two attached hydrogens (primary N) is 1. The van der Waals surface area contributed by atoms with Crippen molar-refractivity contribution in [2.45, 2.75) is 39.7 Å². The van der Waals surface area contributed by atoms with Crippen LogP contribution in [0.3, 0.4) is 0 Å². The average Bonchev–Trinajstić information content (AvgIpc) is 2.21. The van der Waals surface area contributed by atoms with Crippen molar-refractivity contribution in [2.75, 3.05) is 0 Å². The highest BCUT2D eigenvalue weighted by Gasteiger charge is 2.16. The predicted octanol–water partition coefficient (Wildman–Crippen LogP) is 3.46. The van der Waals surface area contributed by atoms with E-state index in [-0.39, 0.29) is 18.4 Å². The Hall–Kier alpha value is -1.06. The number of benzene rings is 1. The summed E-state index contributed by atoms with van der Waals surface area (Å²) in [5, 5.41) is 9.48. The summed E-state index contributed by atoms with van der Waals surface area (Å²) in [6.07, 6.45) is 0.813. The van der Waals surface area contributed by atoms with E-state index in [2.05, 4.69) is 0 Å². The van der Waals surface area contributed by atoms with Crippen molar-refractivity contribution in [1.29, 1.82) is 0 Å². The summed E-state index contributed by atoms with van der Waals surface area (Å²) in [4.78, 5) is 10.6. The quantitative estimate of drug-likeness (QED) is 0.860. The van der Waals surface area contributed by atoms with Gasteiger partial charge < -0.3 is 10.8 Å². The lowest BCUT2D eigenvalue weighted by Crippen LogP contribution is -2.17. The van der Waals surface area contributed by atoms with Gasteiger partial charge in [0.2, 0.25) is 0 Å². The number of hydrogen-bond acceptors (Lipinski definition) is 2. The highest BCUT2D eigenvalue weighted by molar-refractivity contribution is 6.31. The fourth-order valence-electron chi connectivity index (χ4n) is 2.14. The minimum absolute atomic E-state index is 0.0629. The Morgan fingerprint density at radius 3 is 2.56 bits per heavy atom. The van der Waals surface area contributed by atoms with Crippen LogP contribution >= 0.6 is 11.6 Å². The molecule has 1 rings (SSSR count). The number of rotatable bonds is 5. The zero-order chi connectivity index (χ0) is 13.9. The average molecular weight is 270 g/mol. The minimum Gasteiger partial charge on any atom is -0.481 e. The lowest BCUT2D eigenvalue weighted by molar-refractivity contribution is -0.138. The molecule has 3 N–H and O–H groups in total. The molecular formula is C14H20ClNO2. The minimum atomic E-state index is -0.779. The van der Waals surface area contributed by atoms with Crippen molar-refractivity contribution in [3.63, 3.8) is 0 Å². The second kappa shape index (κ2) is 6.21. The summed E-state index contributed by atoms with van der Waals surface area (Å²) in [6.45, 7) is 5.83. The van der Waals surface area contributed by atoms with Crippen LogP contribution in [-0.4, -0.2) is 11.1 Å². The molecule has 0 aromatic heterocycles. The topological polar surface area (TPSA) is 63.3 Å². The Morgan fingerprint density at radius 2 is 2.00 bits per heavy atom. The van der Waals surface area contributed by atoms with Crippen LogP contribution in [0.25, 0.3) is 0 Å². The van der Waals surface area contributed by atoms with Crippen LogP contribution in [-0.2, 0) is 4.79 Å². The highest BCUT2D eigenvalue weighted by atomic mass is 35.5. The molecule has 1 aromatic carbocycles. The van der Waals surface area contributed by atoms with Crippen molar-refractivity contribution < 1.29 is 9.90 Å². The van der Waals surface area contributed by atoms with E-state index < -0.39 is 5.97 Å². The third kappa shape index (κ3) is 4.00. The molecule has 0 saturated heterocycles. The maximum atomic E-state index is 10.6. The monoisotopic (exact) mass is 269 g/mol. The molecule has 0 aliphatic rings. The molecule has 0 spiro atoms. The molecule has 0 amide bonds. The van der Waals surface area contributed by atoms with E-state index >= 15 is 0 Å². The standard InChI is InChI=1S/C14H20ClNO2/c1-8(5-14(17)18)4-13(16)11-6-10(3)12(15)7-9(11)2/h6-8,13H,4-5,16H2,1-3H3,(H,17,18). The first kappa shape index (κ1) is 15.0. The smallest absolute Gasteiger partial charge is 0.303 e. The van der Waals surface area contributed by atoms with E-state index in [1.807, 2.05) is 32.9 Å². The van der Waals surface area contributed by atoms with E-state index in [4.69, 9.17) is 22.4 Å². The number of aliphatic carboxylic acids is 1. The SMILES string of the molecule is Cc1cc(C(N)CC(C)CC(=O)O)c(C)cc1Cl. The van der Waals surface area contributed by atoms with Gasteiger partial charge in [-0.15, -0.1) is 0 Å². The predicted molar refractivity (Wildman–Crippen MR) is 73.9 cm³/mol. The van der Waals surface area contributed by atoms with Crippen molar-refractivity contribution in [1.82, 2.24) is 0 Å². The van der Waals surface area contributed by atoms with Crippen LogP contribution < -0.4 is 5.73 Å². The molecule has 0 aliphatic carbocycles. The summed E-state index contributed by atoms with van der Waals surface area (Å²) in [6, 6.07) is 3.76. The van der Waals surface area contributed by atoms with Gasteiger partial charge in [0.25, 0.3) is 0 Å². The normalized spacial score (nSPS) is 14.3. The summed E-state index contributed by atoms with van der Waals surface area (Å²) in [5.41, 5.74) is 9.26. The summed E-state index contributed by atoms with van der Waals surface area (Å²) < 4.78 is 0. The molecule has 18 heavy (non-hydrogen) atoms. The van der Waals surface area contributed by atoms with Crippen LogP contribution in [0.1, 0.15) is 42.5 Å². The van der Waals surface area contributed by atoms with Crippen LogP contribution in [0.5, 0.6) is 0 Å². The number of hydrogen-bond donors (Lipinski definition) is 2. The summed E-state index contributed by atoms with van der Waals surface area (Å²) in [7, 11) is 0. The van der Waals surface area contributed by atoms with Gasteiger partial charge in [-0.25, -0.2) is 0 Å². The molecule has 0 heterocycles. The number of carboxylic acids is 1. The third-order valence-corrected chi connectivity index (χ3v) is 3.53. The molecule has 0 radical (unpaired) electrons. The van der Waals surface area contributed by atoms with Crippen LogP contribution in [0.4, 0.5) is 0 Å². The third-order valence-electron chi connectivity index (χ3n) is 3.13. The Morgan fingerprint density at radius 1 is 1.39 bits per heavy atom. The molecule has 0 saturated carbocycles. The molecule has 4 heteroatoms. The second-order valence-electron chi connectivity index (χ2n) is 5.00. The molecular weight excluding hydrogens is 250 g/mol. The molecule has 0 bridgehead atoms. The molecule has 2 atom stereocenters. The Bertz CT molecular complexity index is 446. The molecule has 100 valence electrons. The molecule has 2 unspecified atom stereocenters. The molecule has 3 nitrogen and oxygen atoms in total. The van der Waals surface area contributed by atoms with Gasteiger partial charge in [0.15, 0.2) is 0 Å². The van der Waals surface area contributed by atoms with Gasteiger partial charge in [-0.1, -0.05) is 24.6 Å². The Balaban J connectivity index is 2.81.